The zero-order chi connectivity index (χ0) is 22.5. The van der Waals surface area contributed by atoms with Gasteiger partial charge in [0, 0.05) is 17.0 Å². The second kappa shape index (κ2) is 9.97. The van der Waals surface area contributed by atoms with Crippen LogP contribution in [0.25, 0.3) is 11.1 Å². The molecule has 3 aromatic rings. The summed E-state index contributed by atoms with van der Waals surface area (Å²) in [5.74, 6) is 0.905. The fraction of sp³-hybridized carbons (Fsp3) is 0.333. The fourth-order valence-electron chi connectivity index (χ4n) is 3.07. The highest BCUT2D eigenvalue weighted by Crippen LogP contribution is 2.37. The molecule has 0 radical (unpaired) electrons. The molecule has 2 aromatic heterocycles. The molecule has 8 nitrogen and oxygen atoms in total. The Bertz CT molecular complexity index is 1070. The molecule has 1 aromatic carbocycles. The zero-order valence-corrected chi connectivity index (χ0v) is 19.6. The van der Waals surface area contributed by atoms with Crippen molar-refractivity contribution in [2.24, 2.45) is 0 Å². The standard InChI is InChI=1S/C21H24N4O4S2/c1-12(2)25-13(3)23-24-21(25)31-11-17(26)22-19-18(20(27)29-5)16(10-30-19)14-6-8-15(28-4)9-7-14/h6-10,12H,11H2,1-5H3,(H,22,26). The maximum atomic E-state index is 12.6. The number of nitrogens with zero attached hydrogens (tertiary/aromatic N) is 3. The number of benzene rings is 1. The molecule has 1 N–H and O–H groups in total. The number of methoxy groups -OCH3 is 2. The minimum absolute atomic E-state index is 0.140. The molecule has 31 heavy (non-hydrogen) atoms. The number of hydrogen-bond donors (Lipinski definition) is 1. The van der Waals surface area contributed by atoms with Crippen LogP contribution in [-0.4, -0.2) is 46.6 Å². The molecule has 0 aliphatic rings. The van der Waals surface area contributed by atoms with E-state index >= 15 is 0 Å². The lowest BCUT2D eigenvalue weighted by atomic mass is 10.0. The second-order valence-electron chi connectivity index (χ2n) is 6.90. The van der Waals surface area contributed by atoms with E-state index in [0.29, 0.717) is 27.0 Å². The van der Waals surface area contributed by atoms with E-state index in [1.807, 2.05) is 55.0 Å². The number of amides is 1. The number of thioether (sulfide) groups is 1. The van der Waals surface area contributed by atoms with Gasteiger partial charge >= 0.3 is 5.97 Å². The van der Waals surface area contributed by atoms with Gasteiger partial charge in [0.2, 0.25) is 5.91 Å². The third-order valence-electron chi connectivity index (χ3n) is 4.52. The molecule has 1 amide bonds. The van der Waals surface area contributed by atoms with E-state index in [9.17, 15) is 9.59 Å². The molecule has 0 saturated carbocycles. The predicted octanol–water partition coefficient (Wildman–Crippen LogP) is 4.42. The normalized spacial score (nSPS) is 10.9. The maximum Gasteiger partial charge on any atom is 0.341 e. The third kappa shape index (κ3) is 5.08. The molecule has 0 bridgehead atoms. The van der Waals surface area contributed by atoms with Crippen LogP contribution in [0.1, 0.15) is 36.1 Å². The minimum Gasteiger partial charge on any atom is -0.497 e. The number of anilines is 1. The molecule has 0 fully saturated rings. The van der Waals surface area contributed by atoms with Crippen LogP contribution >= 0.6 is 23.1 Å². The Labute approximate surface area is 189 Å². The maximum absolute atomic E-state index is 12.6. The number of rotatable bonds is 8. The molecule has 10 heteroatoms. The van der Waals surface area contributed by atoms with Crippen molar-refractivity contribution >= 4 is 40.0 Å². The molecule has 0 unspecified atom stereocenters. The van der Waals surface area contributed by atoms with Gasteiger partial charge in [-0.25, -0.2) is 4.79 Å². The molecule has 0 spiro atoms. The van der Waals surface area contributed by atoms with Crippen LogP contribution in [0.2, 0.25) is 0 Å². The Balaban J connectivity index is 1.78. The third-order valence-corrected chi connectivity index (χ3v) is 6.36. The number of carbonyl (C=O) groups is 2. The summed E-state index contributed by atoms with van der Waals surface area (Å²) in [7, 11) is 2.91. The van der Waals surface area contributed by atoms with Crippen molar-refractivity contribution < 1.29 is 19.1 Å². The van der Waals surface area contributed by atoms with Crippen LogP contribution in [0, 0.1) is 6.92 Å². The molecule has 164 valence electrons. The number of hydrogen-bond acceptors (Lipinski definition) is 8. The van der Waals surface area contributed by atoms with Gasteiger partial charge in [0.1, 0.15) is 22.1 Å². The van der Waals surface area contributed by atoms with Gasteiger partial charge in [-0.1, -0.05) is 23.9 Å². The highest BCUT2D eigenvalue weighted by atomic mass is 32.2. The lowest BCUT2D eigenvalue weighted by Crippen LogP contribution is -2.16. The molecule has 0 aliphatic carbocycles. The molecular weight excluding hydrogens is 436 g/mol. The summed E-state index contributed by atoms with van der Waals surface area (Å²) in [6, 6.07) is 7.54. The SMILES string of the molecule is COC(=O)c1c(-c2ccc(OC)cc2)csc1NC(=O)CSc1nnc(C)n1C(C)C. The van der Waals surface area contributed by atoms with Crippen molar-refractivity contribution in [1.82, 2.24) is 14.8 Å². The Kier molecular flexibility index (Phi) is 7.34. The van der Waals surface area contributed by atoms with Gasteiger partial charge in [0.25, 0.3) is 0 Å². The van der Waals surface area contributed by atoms with E-state index < -0.39 is 5.97 Å². The largest absolute Gasteiger partial charge is 0.497 e. The van der Waals surface area contributed by atoms with Gasteiger partial charge in [-0.15, -0.1) is 21.5 Å². The first kappa shape index (κ1) is 22.8. The number of thiophene rings is 1. The van der Waals surface area contributed by atoms with Crippen molar-refractivity contribution in [3.8, 4) is 16.9 Å². The average molecular weight is 461 g/mol. The lowest BCUT2D eigenvalue weighted by molar-refractivity contribution is -0.113. The van der Waals surface area contributed by atoms with E-state index in [2.05, 4.69) is 15.5 Å². The van der Waals surface area contributed by atoms with Crippen molar-refractivity contribution in [2.45, 2.75) is 32.0 Å². The monoisotopic (exact) mass is 460 g/mol. The quantitative estimate of drug-likeness (QED) is 0.393. The fourth-order valence-corrected chi connectivity index (χ4v) is 4.96. The van der Waals surface area contributed by atoms with E-state index in [1.165, 1.54) is 30.2 Å². The van der Waals surface area contributed by atoms with Crippen LogP contribution in [-0.2, 0) is 9.53 Å². The Morgan fingerprint density at radius 1 is 1.19 bits per heavy atom. The van der Waals surface area contributed by atoms with Gasteiger partial charge in [-0.3, -0.25) is 4.79 Å². The summed E-state index contributed by atoms with van der Waals surface area (Å²) in [4.78, 5) is 25.1. The number of aromatic nitrogens is 3. The zero-order valence-electron chi connectivity index (χ0n) is 18.0. The molecule has 0 saturated heterocycles. The first-order valence-electron chi connectivity index (χ1n) is 9.54. The number of nitrogens with one attached hydrogen (secondary N) is 1. The summed E-state index contributed by atoms with van der Waals surface area (Å²) < 4.78 is 12.1. The first-order chi connectivity index (χ1) is 14.8. The second-order valence-corrected chi connectivity index (χ2v) is 8.73. The Hall–Kier alpha value is -2.85. The summed E-state index contributed by atoms with van der Waals surface area (Å²) in [6.45, 7) is 5.96. The topological polar surface area (TPSA) is 95.3 Å². The van der Waals surface area contributed by atoms with Gasteiger partial charge in [-0.05, 0) is 38.5 Å². The summed E-state index contributed by atoms with van der Waals surface area (Å²) in [6.07, 6.45) is 0. The van der Waals surface area contributed by atoms with Crippen LogP contribution in [0.15, 0.2) is 34.8 Å². The van der Waals surface area contributed by atoms with E-state index in [-0.39, 0.29) is 17.7 Å². The molecule has 0 aliphatic heterocycles. The van der Waals surface area contributed by atoms with Gasteiger partial charge < -0.3 is 19.4 Å². The molecule has 0 atom stereocenters. The van der Waals surface area contributed by atoms with Gasteiger partial charge in [0.15, 0.2) is 5.16 Å². The molecule has 2 heterocycles. The number of ether oxygens (including phenoxy) is 2. The first-order valence-corrected chi connectivity index (χ1v) is 11.4. The summed E-state index contributed by atoms with van der Waals surface area (Å²) in [5.41, 5.74) is 1.85. The number of aryl methyl sites for hydroxylation is 1. The number of esters is 1. The molecular formula is C21H24N4O4S2. The number of carbonyl (C=O) groups excluding carboxylic acids is 2. The van der Waals surface area contributed by atoms with Crippen LogP contribution in [0.4, 0.5) is 5.00 Å². The van der Waals surface area contributed by atoms with Crippen LogP contribution in [0.5, 0.6) is 5.75 Å². The lowest BCUT2D eigenvalue weighted by Gasteiger charge is -2.12. The van der Waals surface area contributed by atoms with Crippen LogP contribution in [0.3, 0.4) is 0 Å². The van der Waals surface area contributed by atoms with Gasteiger partial charge in [-0.2, -0.15) is 0 Å². The van der Waals surface area contributed by atoms with Crippen molar-refractivity contribution in [3.05, 3.63) is 41.0 Å². The average Bonchev–Trinajstić information content (AvgIpc) is 3.35. The Morgan fingerprint density at radius 2 is 1.90 bits per heavy atom. The summed E-state index contributed by atoms with van der Waals surface area (Å²) in [5, 5.41) is 14.0. The minimum atomic E-state index is -0.509. The van der Waals surface area contributed by atoms with E-state index in [1.54, 1.807) is 7.11 Å². The predicted molar refractivity (Wildman–Crippen MR) is 122 cm³/mol. The molecule has 3 rings (SSSR count). The van der Waals surface area contributed by atoms with Crippen molar-refractivity contribution in [3.63, 3.8) is 0 Å². The highest BCUT2D eigenvalue weighted by Gasteiger charge is 2.23. The van der Waals surface area contributed by atoms with E-state index in [0.717, 1.165) is 11.4 Å². The van der Waals surface area contributed by atoms with Crippen LogP contribution < -0.4 is 10.1 Å². The van der Waals surface area contributed by atoms with Crippen molar-refractivity contribution in [1.29, 1.82) is 0 Å². The smallest absolute Gasteiger partial charge is 0.341 e. The van der Waals surface area contributed by atoms with Gasteiger partial charge in [0.05, 0.1) is 20.0 Å². The Morgan fingerprint density at radius 3 is 2.52 bits per heavy atom. The van der Waals surface area contributed by atoms with E-state index in [4.69, 9.17) is 9.47 Å². The highest BCUT2D eigenvalue weighted by molar-refractivity contribution is 7.99. The summed E-state index contributed by atoms with van der Waals surface area (Å²) >= 11 is 2.58. The van der Waals surface area contributed by atoms with Crippen molar-refractivity contribution in [2.75, 3.05) is 25.3 Å².